The molecule has 0 bridgehead atoms. The number of thiophene rings is 1. The third-order valence-corrected chi connectivity index (χ3v) is 5.88. The number of carbonyl (C=O) groups excluding carboxylic acids is 1. The molecule has 1 N–H and O–H groups in total. The number of benzene rings is 1. The molecule has 3 heterocycles. The van der Waals surface area contributed by atoms with E-state index in [2.05, 4.69) is 51.6 Å². The largest absolute Gasteiger partial charge is 0.339 e. The Morgan fingerprint density at radius 3 is 2.69 bits per heavy atom. The van der Waals surface area contributed by atoms with Crippen LogP contribution in [0.3, 0.4) is 0 Å². The van der Waals surface area contributed by atoms with Crippen molar-refractivity contribution in [2.24, 2.45) is 0 Å². The molecule has 0 fully saturated rings. The van der Waals surface area contributed by atoms with Crippen molar-refractivity contribution in [2.75, 3.05) is 5.32 Å². The topological polar surface area (TPSA) is 93.8 Å². The maximum absolute atomic E-state index is 12.2. The number of aromatic nitrogens is 4. The predicted molar refractivity (Wildman–Crippen MR) is 114 cm³/mol. The number of nitrogens with zero attached hydrogens (tertiary/aromatic N) is 4. The van der Waals surface area contributed by atoms with Gasteiger partial charge in [0.15, 0.2) is 0 Å². The van der Waals surface area contributed by atoms with Gasteiger partial charge in [0, 0.05) is 29.3 Å². The molecule has 148 valence electrons. The van der Waals surface area contributed by atoms with Crippen LogP contribution in [0.1, 0.15) is 37.6 Å². The molecular formula is C20H19N5O2S2. The number of carbonyl (C=O) groups is 1. The molecule has 9 heteroatoms. The summed E-state index contributed by atoms with van der Waals surface area (Å²) in [4.78, 5) is 16.5. The van der Waals surface area contributed by atoms with Gasteiger partial charge in [-0.1, -0.05) is 54.6 Å². The van der Waals surface area contributed by atoms with Gasteiger partial charge in [0.05, 0.1) is 0 Å². The van der Waals surface area contributed by atoms with Crippen LogP contribution in [0.25, 0.3) is 22.0 Å². The van der Waals surface area contributed by atoms with Gasteiger partial charge in [0.1, 0.15) is 5.01 Å². The van der Waals surface area contributed by atoms with Gasteiger partial charge < -0.3 is 9.84 Å². The average Bonchev–Trinajstić information content (AvgIpc) is 3.47. The van der Waals surface area contributed by atoms with Crippen LogP contribution in [0.5, 0.6) is 0 Å². The van der Waals surface area contributed by atoms with Crippen LogP contribution in [-0.4, -0.2) is 26.2 Å². The Kier molecular flexibility index (Phi) is 5.77. The minimum absolute atomic E-state index is 0.168. The fraction of sp³-hybridized carbons (Fsp3) is 0.250. The van der Waals surface area contributed by atoms with Gasteiger partial charge in [-0.2, -0.15) is 16.3 Å². The molecule has 7 nitrogen and oxygen atoms in total. The molecule has 1 aromatic carbocycles. The summed E-state index contributed by atoms with van der Waals surface area (Å²) in [6, 6.07) is 10.2. The van der Waals surface area contributed by atoms with Crippen LogP contribution >= 0.6 is 22.7 Å². The first-order valence-electron chi connectivity index (χ1n) is 9.17. The molecule has 29 heavy (non-hydrogen) atoms. The number of hydrogen-bond acceptors (Lipinski definition) is 8. The smallest absolute Gasteiger partial charge is 0.227 e. The highest BCUT2D eigenvalue weighted by molar-refractivity contribution is 7.18. The Bertz CT molecular complexity index is 1080. The lowest BCUT2D eigenvalue weighted by Gasteiger charge is -2.04. The summed E-state index contributed by atoms with van der Waals surface area (Å²) in [5.41, 5.74) is 3.17. The van der Waals surface area contributed by atoms with E-state index in [-0.39, 0.29) is 12.3 Å². The highest BCUT2D eigenvalue weighted by Crippen LogP contribution is 2.28. The van der Waals surface area contributed by atoms with Gasteiger partial charge in [0.25, 0.3) is 0 Å². The molecule has 0 atom stereocenters. The van der Waals surface area contributed by atoms with E-state index in [1.54, 1.807) is 11.3 Å². The van der Waals surface area contributed by atoms with E-state index in [0.717, 1.165) is 16.1 Å². The fourth-order valence-corrected chi connectivity index (χ4v) is 4.07. The van der Waals surface area contributed by atoms with E-state index in [0.29, 0.717) is 29.2 Å². The van der Waals surface area contributed by atoms with E-state index < -0.39 is 0 Å². The van der Waals surface area contributed by atoms with Crippen molar-refractivity contribution in [1.29, 1.82) is 0 Å². The van der Waals surface area contributed by atoms with Gasteiger partial charge in [-0.05, 0) is 22.9 Å². The maximum Gasteiger partial charge on any atom is 0.227 e. The van der Waals surface area contributed by atoms with Gasteiger partial charge in [-0.3, -0.25) is 4.79 Å². The molecule has 0 aliphatic rings. The van der Waals surface area contributed by atoms with Crippen molar-refractivity contribution in [2.45, 2.75) is 32.6 Å². The highest BCUT2D eigenvalue weighted by atomic mass is 32.1. The van der Waals surface area contributed by atoms with E-state index >= 15 is 0 Å². The number of nitrogens with one attached hydrogen (secondary N) is 1. The van der Waals surface area contributed by atoms with Crippen LogP contribution in [-0.2, 0) is 11.2 Å². The molecule has 0 aliphatic heterocycles. The van der Waals surface area contributed by atoms with E-state index in [9.17, 15) is 4.79 Å². The van der Waals surface area contributed by atoms with Crippen LogP contribution < -0.4 is 5.32 Å². The Labute approximate surface area is 175 Å². The minimum Gasteiger partial charge on any atom is -0.339 e. The second-order valence-corrected chi connectivity index (χ2v) is 8.52. The van der Waals surface area contributed by atoms with Crippen LogP contribution in [0.15, 0.2) is 45.6 Å². The van der Waals surface area contributed by atoms with Gasteiger partial charge in [0.2, 0.25) is 22.8 Å². The molecule has 0 saturated heterocycles. The second kappa shape index (κ2) is 8.62. The zero-order chi connectivity index (χ0) is 20.2. The Hall–Kier alpha value is -2.91. The molecule has 1 amide bonds. The van der Waals surface area contributed by atoms with Crippen molar-refractivity contribution < 1.29 is 9.32 Å². The molecule has 4 aromatic rings. The molecule has 0 aliphatic carbocycles. The summed E-state index contributed by atoms with van der Waals surface area (Å²) in [5, 5.41) is 20.1. The lowest BCUT2D eigenvalue weighted by molar-refractivity contribution is -0.116. The number of anilines is 1. The van der Waals surface area contributed by atoms with Crippen molar-refractivity contribution in [3.8, 4) is 22.0 Å². The van der Waals surface area contributed by atoms with Crippen molar-refractivity contribution >= 4 is 33.7 Å². The second-order valence-electron chi connectivity index (χ2n) is 6.76. The number of amides is 1. The van der Waals surface area contributed by atoms with Crippen LogP contribution in [0.2, 0.25) is 0 Å². The molecule has 0 saturated carbocycles. The standard InChI is InChI=1S/C20H19N5O2S2/c1-12(2)13-3-5-14(6-4-13)19-23-24-20(29-19)21-16(26)7-8-17-22-18(25-27-17)15-9-10-28-11-15/h3-6,9-12H,7-8H2,1-2H3,(H,21,24,26). The third kappa shape index (κ3) is 4.75. The minimum atomic E-state index is -0.168. The van der Waals surface area contributed by atoms with Gasteiger partial charge in [-0.25, -0.2) is 0 Å². The molecule has 3 aromatic heterocycles. The summed E-state index contributed by atoms with van der Waals surface area (Å²) >= 11 is 2.92. The molecule has 0 unspecified atom stereocenters. The van der Waals surface area contributed by atoms with Crippen molar-refractivity contribution in [3.63, 3.8) is 0 Å². The maximum atomic E-state index is 12.2. The first-order valence-corrected chi connectivity index (χ1v) is 10.9. The lowest BCUT2D eigenvalue weighted by atomic mass is 10.0. The zero-order valence-corrected chi connectivity index (χ0v) is 17.6. The summed E-state index contributed by atoms with van der Waals surface area (Å²) < 4.78 is 5.22. The first-order chi connectivity index (χ1) is 14.1. The van der Waals surface area contributed by atoms with Crippen molar-refractivity contribution in [1.82, 2.24) is 20.3 Å². The normalized spacial score (nSPS) is 11.1. The summed E-state index contributed by atoms with van der Waals surface area (Å²) in [6.07, 6.45) is 0.592. The zero-order valence-electron chi connectivity index (χ0n) is 16.0. The quantitative estimate of drug-likeness (QED) is 0.447. The Morgan fingerprint density at radius 2 is 1.97 bits per heavy atom. The summed E-state index contributed by atoms with van der Waals surface area (Å²) in [5.74, 6) is 1.29. The number of rotatable bonds is 7. The highest BCUT2D eigenvalue weighted by Gasteiger charge is 2.13. The predicted octanol–water partition coefficient (Wildman–Crippen LogP) is 5.01. The SMILES string of the molecule is CC(C)c1ccc(-c2nnc(NC(=O)CCc3nc(-c4ccsc4)no3)s2)cc1. The molecule has 0 radical (unpaired) electrons. The monoisotopic (exact) mass is 425 g/mol. The van der Waals surface area contributed by atoms with Crippen molar-refractivity contribution in [3.05, 3.63) is 52.5 Å². The van der Waals surface area contributed by atoms with Crippen LogP contribution in [0, 0.1) is 0 Å². The third-order valence-electron chi connectivity index (χ3n) is 4.31. The first kappa shape index (κ1) is 19.4. The van der Waals surface area contributed by atoms with E-state index in [4.69, 9.17) is 4.52 Å². The summed E-state index contributed by atoms with van der Waals surface area (Å²) in [7, 11) is 0. The Balaban J connectivity index is 1.32. The van der Waals surface area contributed by atoms with Gasteiger partial charge >= 0.3 is 0 Å². The average molecular weight is 426 g/mol. The van der Waals surface area contributed by atoms with E-state index in [1.807, 2.05) is 29.0 Å². The summed E-state index contributed by atoms with van der Waals surface area (Å²) in [6.45, 7) is 4.32. The van der Waals surface area contributed by atoms with Crippen LogP contribution in [0.4, 0.5) is 5.13 Å². The lowest BCUT2D eigenvalue weighted by Crippen LogP contribution is -2.12. The number of aryl methyl sites for hydroxylation is 1. The van der Waals surface area contributed by atoms with E-state index in [1.165, 1.54) is 16.9 Å². The molecular weight excluding hydrogens is 406 g/mol. The number of hydrogen-bond donors (Lipinski definition) is 1. The molecule has 0 spiro atoms. The Morgan fingerprint density at radius 1 is 1.14 bits per heavy atom. The fourth-order valence-electron chi connectivity index (χ4n) is 2.67. The van der Waals surface area contributed by atoms with Gasteiger partial charge in [-0.15, -0.1) is 10.2 Å². The molecule has 4 rings (SSSR count).